The number of nitrogens with zero attached hydrogens (tertiary/aromatic N) is 1. The topological polar surface area (TPSA) is 67.2 Å². The minimum atomic E-state index is -4.11. The first-order valence-corrected chi connectivity index (χ1v) is 7.48. The second-order valence-electron chi connectivity index (χ2n) is 3.75. The highest BCUT2D eigenvalue weighted by Gasteiger charge is 2.19. The molecule has 0 heterocycles. The molecule has 0 aliphatic rings. The quantitative estimate of drug-likeness (QED) is 0.807. The molecule has 2 aromatic rings. The molecule has 0 fully saturated rings. The van der Waals surface area contributed by atoms with Crippen LogP contribution in [0.1, 0.15) is 5.56 Å². The predicted molar refractivity (Wildman–Crippen MR) is 75.4 cm³/mol. The van der Waals surface area contributed by atoms with Gasteiger partial charge < -0.3 is 4.18 Å². The summed E-state index contributed by atoms with van der Waals surface area (Å²) in [6.07, 6.45) is 0. The van der Waals surface area contributed by atoms with Crippen molar-refractivity contribution in [2.45, 2.75) is 4.90 Å². The van der Waals surface area contributed by atoms with Gasteiger partial charge in [-0.15, -0.1) is 0 Å². The van der Waals surface area contributed by atoms with E-state index in [2.05, 4.69) is 0 Å². The van der Waals surface area contributed by atoms with Crippen LogP contribution in [0.5, 0.6) is 5.75 Å². The number of para-hydroxylation sites is 1. The maximum Gasteiger partial charge on any atom is 0.339 e. The largest absolute Gasteiger partial charge is 0.378 e. The summed E-state index contributed by atoms with van der Waals surface area (Å²) < 4.78 is 29.2. The number of nitriles is 1. The normalized spacial score (nSPS) is 10.8. The molecule has 0 saturated carbocycles. The van der Waals surface area contributed by atoms with Gasteiger partial charge in [0.15, 0.2) is 5.75 Å². The highest BCUT2D eigenvalue weighted by atomic mass is 35.5. The van der Waals surface area contributed by atoms with Crippen LogP contribution in [0.3, 0.4) is 0 Å². The zero-order chi connectivity index (χ0) is 14.8. The third kappa shape index (κ3) is 3.23. The molecular weight excluding hydrogens is 321 g/mol. The maximum absolute atomic E-state index is 12.1. The zero-order valence-electron chi connectivity index (χ0n) is 9.88. The first kappa shape index (κ1) is 14.7. The van der Waals surface area contributed by atoms with Crippen molar-refractivity contribution >= 4 is 33.3 Å². The predicted octanol–water partition coefficient (Wildman–Crippen LogP) is 3.63. The van der Waals surface area contributed by atoms with Crippen molar-refractivity contribution in [2.75, 3.05) is 0 Å². The molecule has 0 aromatic heterocycles. The number of rotatable bonds is 3. The van der Waals surface area contributed by atoms with Crippen molar-refractivity contribution < 1.29 is 12.6 Å². The summed E-state index contributed by atoms with van der Waals surface area (Å²) in [5, 5.41) is 9.26. The fraction of sp³-hybridized carbons (Fsp3) is 0. The van der Waals surface area contributed by atoms with Crippen molar-refractivity contribution in [1.82, 2.24) is 0 Å². The summed E-state index contributed by atoms with van der Waals surface area (Å²) in [6.45, 7) is 0. The van der Waals surface area contributed by atoms with E-state index in [-0.39, 0.29) is 26.3 Å². The van der Waals surface area contributed by atoms with E-state index in [0.29, 0.717) is 0 Å². The lowest BCUT2D eigenvalue weighted by molar-refractivity contribution is 0.485. The lowest BCUT2D eigenvalue weighted by Crippen LogP contribution is -2.10. The molecule has 0 atom stereocenters. The van der Waals surface area contributed by atoms with Gasteiger partial charge in [0.25, 0.3) is 0 Å². The van der Waals surface area contributed by atoms with Gasteiger partial charge in [-0.25, -0.2) is 0 Å². The molecule has 2 aromatic carbocycles. The Morgan fingerprint density at radius 1 is 1.05 bits per heavy atom. The van der Waals surface area contributed by atoms with Crippen LogP contribution >= 0.6 is 23.2 Å². The van der Waals surface area contributed by atoms with E-state index in [9.17, 15) is 8.42 Å². The van der Waals surface area contributed by atoms with Gasteiger partial charge in [0.1, 0.15) is 11.0 Å². The summed E-state index contributed by atoms with van der Waals surface area (Å²) in [5.74, 6) is -0.0499. The van der Waals surface area contributed by atoms with Crippen LogP contribution in [0.25, 0.3) is 0 Å². The number of hydrogen-bond acceptors (Lipinski definition) is 4. The van der Waals surface area contributed by atoms with E-state index >= 15 is 0 Å². The smallest absolute Gasteiger partial charge is 0.339 e. The maximum atomic E-state index is 12.1. The first-order chi connectivity index (χ1) is 9.42. The summed E-state index contributed by atoms with van der Waals surface area (Å²) in [7, 11) is -4.11. The Bertz CT molecular complexity index is 777. The average Bonchev–Trinajstić information content (AvgIpc) is 2.38. The van der Waals surface area contributed by atoms with Crippen LogP contribution < -0.4 is 4.18 Å². The number of benzene rings is 2. The molecule has 0 bridgehead atoms. The van der Waals surface area contributed by atoms with Crippen LogP contribution in [-0.4, -0.2) is 8.42 Å². The minimum Gasteiger partial charge on any atom is -0.378 e. The van der Waals surface area contributed by atoms with Crippen LogP contribution in [0.2, 0.25) is 10.0 Å². The van der Waals surface area contributed by atoms with Crippen molar-refractivity contribution in [3.63, 3.8) is 0 Å². The van der Waals surface area contributed by atoms with Gasteiger partial charge in [-0.1, -0.05) is 35.3 Å². The molecule has 20 heavy (non-hydrogen) atoms. The Morgan fingerprint density at radius 2 is 1.65 bits per heavy atom. The molecule has 7 heteroatoms. The van der Waals surface area contributed by atoms with E-state index in [1.54, 1.807) is 12.1 Å². The Morgan fingerprint density at radius 3 is 2.25 bits per heavy atom. The fourth-order valence-corrected chi connectivity index (χ4v) is 3.15. The summed E-state index contributed by atoms with van der Waals surface area (Å²) >= 11 is 11.5. The molecule has 4 nitrogen and oxygen atoms in total. The number of hydrogen-bond donors (Lipinski definition) is 0. The molecule has 0 N–H and O–H groups in total. The first-order valence-electron chi connectivity index (χ1n) is 5.32. The molecule has 0 unspecified atom stereocenters. The van der Waals surface area contributed by atoms with Crippen LogP contribution in [0.15, 0.2) is 47.4 Å². The number of halogens is 2. The SMILES string of the molecule is N#Cc1ccccc1OS(=O)(=O)c1cc(Cl)cc(Cl)c1. The lowest BCUT2D eigenvalue weighted by atomic mass is 10.2. The Hall–Kier alpha value is -1.74. The van der Waals surface area contributed by atoms with Gasteiger partial charge in [-0.05, 0) is 30.3 Å². The molecule has 0 saturated heterocycles. The molecule has 2 rings (SSSR count). The van der Waals surface area contributed by atoms with E-state index in [1.807, 2.05) is 6.07 Å². The zero-order valence-corrected chi connectivity index (χ0v) is 12.2. The van der Waals surface area contributed by atoms with E-state index in [1.165, 1.54) is 30.3 Å². The molecule has 0 aliphatic carbocycles. The summed E-state index contributed by atoms with van der Waals surface area (Å²) in [4.78, 5) is -0.178. The van der Waals surface area contributed by atoms with Gasteiger partial charge in [0.05, 0.1) is 5.56 Å². The second-order valence-corrected chi connectivity index (χ2v) is 6.17. The van der Waals surface area contributed by atoms with Gasteiger partial charge in [0, 0.05) is 10.0 Å². The highest BCUT2D eigenvalue weighted by molar-refractivity contribution is 7.87. The molecule has 0 radical (unpaired) electrons. The van der Waals surface area contributed by atoms with Crippen molar-refractivity contribution in [3.8, 4) is 11.8 Å². The fourth-order valence-electron chi connectivity index (χ4n) is 1.47. The van der Waals surface area contributed by atoms with Crippen LogP contribution in [0.4, 0.5) is 0 Å². The Balaban J connectivity index is 2.44. The molecular formula is C13H7Cl2NO3S. The highest BCUT2D eigenvalue weighted by Crippen LogP contribution is 2.26. The monoisotopic (exact) mass is 327 g/mol. The third-order valence-corrected chi connectivity index (χ3v) is 3.98. The van der Waals surface area contributed by atoms with Gasteiger partial charge >= 0.3 is 10.1 Å². The lowest BCUT2D eigenvalue weighted by Gasteiger charge is -2.08. The van der Waals surface area contributed by atoms with Crippen molar-refractivity contribution in [3.05, 3.63) is 58.1 Å². The van der Waals surface area contributed by atoms with E-state index in [0.717, 1.165) is 0 Å². The standard InChI is InChI=1S/C13H7Cl2NO3S/c14-10-5-11(15)7-12(6-10)20(17,18)19-13-4-2-1-3-9(13)8-16/h1-7H. The van der Waals surface area contributed by atoms with Gasteiger partial charge in [-0.2, -0.15) is 13.7 Å². The molecule has 0 spiro atoms. The van der Waals surface area contributed by atoms with E-state index in [4.69, 9.17) is 32.6 Å². The molecule has 0 aliphatic heterocycles. The summed E-state index contributed by atoms with van der Waals surface area (Å²) in [6, 6.07) is 11.7. The molecule has 0 amide bonds. The Labute approximate surface area is 126 Å². The molecule has 102 valence electrons. The Kier molecular flexibility index (Phi) is 4.19. The van der Waals surface area contributed by atoms with Gasteiger partial charge in [0.2, 0.25) is 0 Å². The minimum absolute atomic E-state index is 0.0499. The average molecular weight is 328 g/mol. The third-order valence-electron chi connectivity index (χ3n) is 2.33. The van der Waals surface area contributed by atoms with Gasteiger partial charge in [-0.3, -0.25) is 0 Å². The van der Waals surface area contributed by atoms with Crippen LogP contribution in [-0.2, 0) is 10.1 Å². The summed E-state index contributed by atoms with van der Waals surface area (Å²) in [5.41, 5.74) is 0.115. The van der Waals surface area contributed by atoms with Crippen LogP contribution in [0, 0.1) is 11.3 Å². The van der Waals surface area contributed by atoms with Crippen molar-refractivity contribution in [1.29, 1.82) is 5.26 Å². The second kappa shape index (κ2) is 5.71. The van der Waals surface area contributed by atoms with Crippen molar-refractivity contribution in [2.24, 2.45) is 0 Å². The van der Waals surface area contributed by atoms with E-state index < -0.39 is 10.1 Å².